The van der Waals surface area contributed by atoms with E-state index >= 15 is 0 Å². The molecule has 4 rings (SSSR count). The van der Waals surface area contributed by atoms with Crippen LogP contribution in [0.1, 0.15) is 5.56 Å². The van der Waals surface area contributed by atoms with Crippen LogP contribution in [0.2, 0.25) is 0 Å². The zero-order valence-electron chi connectivity index (χ0n) is 14.6. The standard InChI is InChI=1S/C20H19N3O3S/c24-16-7-6-14(17(25)13-16)12-18-19(26)21-20(27-18)23-10-8-22(9-11-23)15-4-2-1-3-5-15/h1-7,12-13,24-25H,8-11H2. The maximum atomic E-state index is 12.3. The van der Waals surface area contributed by atoms with Crippen molar-refractivity contribution in [3.05, 3.63) is 59.0 Å². The number of benzene rings is 2. The Morgan fingerprint density at radius 3 is 2.37 bits per heavy atom. The molecule has 1 saturated heterocycles. The first-order valence-electron chi connectivity index (χ1n) is 8.69. The summed E-state index contributed by atoms with van der Waals surface area (Å²) >= 11 is 1.33. The molecule has 27 heavy (non-hydrogen) atoms. The highest BCUT2D eigenvalue weighted by molar-refractivity contribution is 8.18. The first-order valence-corrected chi connectivity index (χ1v) is 9.51. The van der Waals surface area contributed by atoms with E-state index in [4.69, 9.17) is 0 Å². The van der Waals surface area contributed by atoms with Crippen molar-refractivity contribution < 1.29 is 15.0 Å². The van der Waals surface area contributed by atoms with E-state index in [1.807, 2.05) is 18.2 Å². The average Bonchev–Trinajstić information content (AvgIpc) is 3.05. The topological polar surface area (TPSA) is 76.4 Å². The molecule has 0 atom stereocenters. The molecule has 7 heteroatoms. The van der Waals surface area contributed by atoms with Crippen LogP contribution in [-0.4, -0.2) is 52.4 Å². The number of carbonyl (C=O) groups is 1. The second kappa shape index (κ2) is 7.36. The second-order valence-electron chi connectivity index (χ2n) is 6.36. The number of hydrogen-bond donors (Lipinski definition) is 2. The minimum atomic E-state index is -0.298. The fraction of sp³-hybridized carbons (Fsp3) is 0.200. The molecule has 2 aromatic rings. The van der Waals surface area contributed by atoms with Gasteiger partial charge in [-0.3, -0.25) is 4.79 Å². The number of anilines is 1. The zero-order chi connectivity index (χ0) is 18.8. The van der Waals surface area contributed by atoms with Gasteiger partial charge in [0.2, 0.25) is 0 Å². The number of amidine groups is 1. The number of nitrogens with zero attached hydrogens (tertiary/aromatic N) is 3. The van der Waals surface area contributed by atoms with Crippen molar-refractivity contribution in [1.82, 2.24) is 4.90 Å². The van der Waals surface area contributed by atoms with Gasteiger partial charge in [-0.1, -0.05) is 18.2 Å². The molecule has 0 spiro atoms. The molecule has 2 heterocycles. The van der Waals surface area contributed by atoms with Crippen LogP contribution in [0.3, 0.4) is 0 Å². The lowest BCUT2D eigenvalue weighted by Crippen LogP contribution is -2.47. The Balaban J connectivity index is 1.42. The third kappa shape index (κ3) is 3.78. The summed E-state index contributed by atoms with van der Waals surface area (Å²) in [7, 11) is 0. The minimum absolute atomic E-state index is 0.0201. The number of phenolic OH excluding ortho intramolecular Hbond substituents is 2. The van der Waals surface area contributed by atoms with Crippen molar-refractivity contribution >= 4 is 34.6 Å². The van der Waals surface area contributed by atoms with Gasteiger partial charge >= 0.3 is 0 Å². The summed E-state index contributed by atoms with van der Waals surface area (Å²) in [6.45, 7) is 3.34. The fourth-order valence-corrected chi connectivity index (χ4v) is 4.08. The molecule has 2 aliphatic heterocycles. The van der Waals surface area contributed by atoms with E-state index in [0.29, 0.717) is 15.6 Å². The van der Waals surface area contributed by atoms with Crippen molar-refractivity contribution in [2.45, 2.75) is 0 Å². The van der Waals surface area contributed by atoms with Crippen LogP contribution < -0.4 is 4.90 Å². The Hall–Kier alpha value is -2.93. The third-order valence-electron chi connectivity index (χ3n) is 4.58. The maximum Gasteiger partial charge on any atom is 0.286 e. The highest BCUT2D eigenvalue weighted by atomic mass is 32.2. The molecule has 2 N–H and O–H groups in total. The Bertz CT molecular complexity index is 919. The number of thioether (sulfide) groups is 1. The van der Waals surface area contributed by atoms with E-state index in [1.54, 1.807) is 12.1 Å². The molecular weight excluding hydrogens is 362 g/mol. The molecule has 1 amide bonds. The van der Waals surface area contributed by atoms with Crippen LogP contribution in [0.5, 0.6) is 11.5 Å². The molecule has 2 aromatic carbocycles. The molecule has 0 bridgehead atoms. The Labute approximate surface area is 161 Å². The Morgan fingerprint density at radius 2 is 1.67 bits per heavy atom. The number of aromatic hydroxyl groups is 2. The van der Waals surface area contributed by atoms with Crippen molar-refractivity contribution in [3.63, 3.8) is 0 Å². The summed E-state index contributed by atoms with van der Waals surface area (Å²) in [5.74, 6) is -0.387. The van der Waals surface area contributed by atoms with Crippen LogP contribution in [0.25, 0.3) is 6.08 Å². The number of hydrogen-bond acceptors (Lipinski definition) is 6. The molecule has 2 aliphatic rings. The maximum absolute atomic E-state index is 12.3. The van der Waals surface area contributed by atoms with Crippen molar-refractivity contribution in [2.24, 2.45) is 4.99 Å². The van der Waals surface area contributed by atoms with Gasteiger partial charge in [0.25, 0.3) is 5.91 Å². The Kier molecular flexibility index (Phi) is 4.77. The predicted molar refractivity (Wildman–Crippen MR) is 108 cm³/mol. The first kappa shape index (κ1) is 17.5. The van der Waals surface area contributed by atoms with Gasteiger partial charge in [0.05, 0.1) is 4.91 Å². The van der Waals surface area contributed by atoms with E-state index < -0.39 is 0 Å². The van der Waals surface area contributed by atoms with Gasteiger partial charge in [0.1, 0.15) is 11.5 Å². The van der Waals surface area contributed by atoms with Gasteiger partial charge < -0.3 is 20.0 Å². The number of para-hydroxylation sites is 1. The highest BCUT2D eigenvalue weighted by Crippen LogP contribution is 2.33. The van der Waals surface area contributed by atoms with Crippen LogP contribution in [0.15, 0.2) is 58.4 Å². The van der Waals surface area contributed by atoms with Crippen LogP contribution in [0.4, 0.5) is 5.69 Å². The van der Waals surface area contributed by atoms with E-state index in [9.17, 15) is 15.0 Å². The smallest absolute Gasteiger partial charge is 0.286 e. The summed E-state index contributed by atoms with van der Waals surface area (Å²) in [6, 6.07) is 14.6. The number of amides is 1. The first-order chi connectivity index (χ1) is 13.1. The predicted octanol–water partition coefficient (Wildman–Crippen LogP) is 2.89. The molecular formula is C20H19N3O3S. The number of aliphatic imine (C=N–C) groups is 1. The fourth-order valence-electron chi connectivity index (χ4n) is 3.12. The molecule has 0 radical (unpaired) electrons. The van der Waals surface area contributed by atoms with Crippen molar-refractivity contribution in [2.75, 3.05) is 31.1 Å². The van der Waals surface area contributed by atoms with Gasteiger partial charge in [-0.05, 0) is 42.1 Å². The van der Waals surface area contributed by atoms with Gasteiger partial charge in [0.15, 0.2) is 5.17 Å². The summed E-state index contributed by atoms with van der Waals surface area (Å²) in [4.78, 5) is 21.4. The van der Waals surface area contributed by atoms with Gasteiger partial charge in [-0.25, -0.2) is 0 Å². The molecule has 0 saturated carbocycles. The molecule has 138 valence electrons. The van der Waals surface area contributed by atoms with Crippen LogP contribution in [0, 0.1) is 0 Å². The van der Waals surface area contributed by atoms with E-state index in [-0.39, 0.29) is 17.4 Å². The largest absolute Gasteiger partial charge is 0.508 e. The van der Waals surface area contributed by atoms with E-state index in [0.717, 1.165) is 26.2 Å². The average molecular weight is 381 g/mol. The molecule has 0 aliphatic carbocycles. The number of rotatable bonds is 2. The molecule has 1 fully saturated rings. The summed E-state index contributed by atoms with van der Waals surface area (Å²) in [5, 5.41) is 20.0. The van der Waals surface area contributed by atoms with E-state index in [1.165, 1.54) is 29.6 Å². The summed E-state index contributed by atoms with van der Waals surface area (Å²) < 4.78 is 0. The molecule has 0 aromatic heterocycles. The summed E-state index contributed by atoms with van der Waals surface area (Å²) in [5.41, 5.74) is 1.69. The number of carbonyl (C=O) groups excluding carboxylic acids is 1. The lowest BCUT2D eigenvalue weighted by molar-refractivity contribution is -0.113. The van der Waals surface area contributed by atoms with Gasteiger partial charge in [0, 0.05) is 43.5 Å². The molecule has 0 unspecified atom stereocenters. The normalized spacial score (nSPS) is 18.9. The highest BCUT2D eigenvalue weighted by Gasteiger charge is 2.28. The zero-order valence-corrected chi connectivity index (χ0v) is 15.4. The lowest BCUT2D eigenvalue weighted by Gasteiger charge is -2.36. The van der Waals surface area contributed by atoms with Crippen molar-refractivity contribution in [3.8, 4) is 11.5 Å². The Morgan fingerprint density at radius 1 is 0.963 bits per heavy atom. The monoisotopic (exact) mass is 381 g/mol. The third-order valence-corrected chi connectivity index (χ3v) is 5.63. The second-order valence-corrected chi connectivity index (χ2v) is 7.37. The number of piperazine rings is 1. The quantitative estimate of drug-likeness (QED) is 0.779. The van der Waals surface area contributed by atoms with Crippen LogP contribution in [-0.2, 0) is 4.79 Å². The lowest BCUT2D eigenvalue weighted by atomic mass is 10.2. The van der Waals surface area contributed by atoms with E-state index in [2.05, 4.69) is 26.9 Å². The van der Waals surface area contributed by atoms with Gasteiger partial charge in [-0.15, -0.1) is 0 Å². The summed E-state index contributed by atoms with van der Waals surface area (Å²) in [6.07, 6.45) is 1.61. The van der Waals surface area contributed by atoms with Crippen molar-refractivity contribution in [1.29, 1.82) is 0 Å². The minimum Gasteiger partial charge on any atom is -0.508 e. The van der Waals surface area contributed by atoms with Crippen LogP contribution >= 0.6 is 11.8 Å². The SMILES string of the molecule is O=C1N=C(N2CCN(c3ccccc3)CC2)SC1=Cc1ccc(O)cc1O. The number of phenols is 2. The molecule has 6 nitrogen and oxygen atoms in total. The van der Waals surface area contributed by atoms with Gasteiger partial charge in [-0.2, -0.15) is 4.99 Å².